The monoisotopic (exact) mass is 262 g/mol. The Balaban J connectivity index is 2.40. The van der Waals surface area contributed by atoms with E-state index in [1.807, 2.05) is 31.2 Å². The van der Waals surface area contributed by atoms with Gasteiger partial charge >= 0.3 is 0 Å². The number of aliphatic hydroxyl groups is 2. The van der Waals surface area contributed by atoms with Crippen molar-refractivity contribution in [2.45, 2.75) is 13.0 Å². The molecular formula is C14H18N2O3. The van der Waals surface area contributed by atoms with Crippen LogP contribution in [0.5, 0.6) is 5.75 Å². The Morgan fingerprint density at radius 2 is 2.11 bits per heavy atom. The molecule has 0 bridgehead atoms. The fourth-order valence-electron chi connectivity index (χ4n) is 1.90. The van der Waals surface area contributed by atoms with E-state index in [1.54, 1.807) is 7.11 Å². The average molecular weight is 262 g/mol. The summed E-state index contributed by atoms with van der Waals surface area (Å²) in [6, 6.07) is 7.61. The zero-order chi connectivity index (χ0) is 13.8. The number of aryl methyl sites for hydroxylation is 1. The fraction of sp³-hybridized carbons (Fsp3) is 0.357. The number of nitrogens with zero attached hydrogens (tertiary/aromatic N) is 1. The largest absolute Gasteiger partial charge is 0.494 e. The summed E-state index contributed by atoms with van der Waals surface area (Å²) in [5.74, 6) is 0.715. The molecule has 0 spiro atoms. The minimum Gasteiger partial charge on any atom is -0.494 e. The summed E-state index contributed by atoms with van der Waals surface area (Å²) in [6.45, 7) is 1.94. The molecule has 1 aromatic carbocycles. The number of benzene rings is 1. The summed E-state index contributed by atoms with van der Waals surface area (Å²) in [5.41, 5.74) is 2.56. The first-order valence-corrected chi connectivity index (χ1v) is 6.13. The number of aromatic nitrogens is 1. The Morgan fingerprint density at radius 3 is 2.79 bits per heavy atom. The Labute approximate surface area is 111 Å². The van der Waals surface area contributed by atoms with Crippen LogP contribution in [0.4, 0.5) is 5.69 Å². The molecule has 0 amide bonds. The Hall–Kier alpha value is -1.85. The highest BCUT2D eigenvalue weighted by Crippen LogP contribution is 2.30. The molecule has 1 unspecified atom stereocenters. The molecule has 0 aliphatic carbocycles. The van der Waals surface area contributed by atoms with Crippen molar-refractivity contribution in [3.05, 3.63) is 30.0 Å². The van der Waals surface area contributed by atoms with Crippen LogP contribution in [0.2, 0.25) is 0 Å². The summed E-state index contributed by atoms with van der Waals surface area (Å²) in [4.78, 5) is 4.48. The van der Waals surface area contributed by atoms with E-state index < -0.39 is 6.10 Å². The van der Waals surface area contributed by atoms with Gasteiger partial charge in [0, 0.05) is 23.3 Å². The molecule has 0 aliphatic rings. The Kier molecular flexibility index (Phi) is 4.19. The third kappa shape index (κ3) is 2.94. The smallest absolute Gasteiger partial charge is 0.145 e. The van der Waals surface area contributed by atoms with Crippen molar-refractivity contribution in [3.8, 4) is 5.75 Å². The summed E-state index contributed by atoms with van der Waals surface area (Å²) in [7, 11) is 1.61. The number of nitrogens with one attached hydrogen (secondary N) is 1. The van der Waals surface area contributed by atoms with E-state index in [1.165, 1.54) is 0 Å². The van der Waals surface area contributed by atoms with Crippen LogP contribution >= 0.6 is 0 Å². The molecule has 5 nitrogen and oxygen atoms in total. The van der Waals surface area contributed by atoms with Crippen LogP contribution < -0.4 is 10.1 Å². The van der Waals surface area contributed by atoms with Gasteiger partial charge in [0.05, 0.1) is 19.8 Å². The van der Waals surface area contributed by atoms with E-state index in [0.717, 1.165) is 22.3 Å². The molecule has 0 aliphatic heterocycles. The second-order valence-corrected chi connectivity index (χ2v) is 4.38. The lowest BCUT2D eigenvalue weighted by atomic mass is 10.1. The fourth-order valence-corrected chi connectivity index (χ4v) is 1.90. The van der Waals surface area contributed by atoms with Gasteiger partial charge in [-0.25, -0.2) is 4.98 Å². The normalized spacial score (nSPS) is 12.4. The lowest BCUT2D eigenvalue weighted by molar-refractivity contribution is 0.105. The van der Waals surface area contributed by atoms with Gasteiger partial charge in [-0.15, -0.1) is 0 Å². The molecule has 5 heteroatoms. The average Bonchev–Trinajstić information content (AvgIpc) is 2.43. The van der Waals surface area contributed by atoms with Crippen LogP contribution in [0.1, 0.15) is 5.69 Å². The molecule has 19 heavy (non-hydrogen) atoms. The second kappa shape index (κ2) is 5.86. The minimum atomic E-state index is -0.782. The molecule has 0 saturated carbocycles. The highest BCUT2D eigenvalue weighted by Gasteiger charge is 2.09. The number of hydrogen-bond donors (Lipinski definition) is 3. The highest BCUT2D eigenvalue weighted by molar-refractivity contribution is 5.95. The molecule has 0 saturated heterocycles. The van der Waals surface area contributed by atoms with Crippen LogP contribution in [-0.2, 0) is 0 Å². The predicted molar refractivity (Wildman–Crippen MR) is 74.6 cm³/mol. The van der Waals surface area contributed by atoms with E-state index >= 15 is 0 Å². The summed E-state index contributed by atoms with van der Waals surface area (Å²) in [5, 5.41) is 22.2. The molecular weight excluding hydrogens is 244 g/mol. The number of ether oxygens (including phenoxy) is 1. The van der Waals surface area contributed by atoms with Gasteiger partial charge in [0.2, 0.25) is 0 Å². The maximum atomic E-state index is 9.38. The summed E-state index contributed by atoms with van der Waals surface area (Å²) >= 11 is 0. The van der Waals surface area contributed by atoms with E-state index in [0.29, 0.717) is 5.75 Å². The van der Waals surface area contributed by atoms with E-state index in [9.17, 15) is 5.11 Å². The van der Waals surface area contributed by atoms with Crippen molar-refractivity contribution in [2.24, 2.45) is 0 Å². The van der Waals surface area contributed by atoms with E-state index in [-0.39, 0.29) is 13.2 Å². The summed E-state index contributed by atoms with van der Waals surface area (Å²) in [6.07, 6.45) is -0.782. The summed E-state index contributed by atoms with van der Waals surface area (Å²) < 4.78 is 5.30. The van der Waals surface area contributed by atoms with Crippen molar-refractivity contribution < 1.29 is 14.9 Å². The van der Waals surface area contributed by atoms with Crippen LogP contribution in [0.15, 0.2) is 24.3 Å². The number of aliphatic hydroxyl groups excluding tert-OH is 2. The quantitative estimate of drug-likeness (QED) is 0.757. The third-order valence-electron chi connectivity index (χ3n) is 2.92. The molecule has 1 heterocycles. The van der Waals surface area contributed by atoms with Gasteiger partial charge in [-0.05, 0) is 31.2 Å². The molecule has 1 atom stereocenters. The number of rotatable bonds is 5. The van der Waals surface area contributed by atoms with E-state index in [4.69, 9.17) is 9.84 Å². The van der Waals surface area contributed by atoms with Crippen molar-refractivity contribution in [2.75, 3.05) is 25.6 Å². The number of fused-ring (bicyclic) bond motifs is 1. The number of pyridine rings is 1. The number of methoxy groups -OCH3 is 1. The first kappa shape index (κ1) is 13.6. The van der Waals surface area contributed by atoms with Gasteiger partial charge in [0.25, 0.3) is 0 Å². The lowest BCUT2D eigenvalue weighted by Gasteiger charge is -2.14. The van der Waals surface area contributed by atoms with Crippen LogP contribution in [-0.4, -0.2) is 41.6 Å². The standard InChI is InChI=1S/C14H18N2O3/c1-9-3-4-11-12(15-7-10(18)8-17)5-6-13(19-2)14(11)16-9/h3-6,10,15,17-18H,7-8H2,1-2H3. The Bertz CT molecular complexity index is 572. The van der Waals surface area contributed by atoms with Gasteiger partial charge in [0.15, 0.2) is 0 Å². The van der Waals surface area contributed by atoms with Gasteiger partial charge in [0.1, 0.15) is 11.3 Å². The van der Waals surface area contributed by atoms with Crippen LogP contribution in [0.25, 0.3) is 10.9 Å². The highest BCUT2D eigenvalue weighted by atomic mass is 16.5. The molecule has 2 rings (SSSR count). The van der Waals surface area contributed by atoms with Gasteiger partial charge in [-0.2, -0.15) is 0 Å². The van der Waals surface area contributed by atoms with Crippen LogP contribution in [0.3, 0.4) is 0 Å². The molecule has 0 radical (unpaired) electrons. The Morgan fingerprint density at radius 1 is 1.32 bits per heavy atom. The molecule has 2 aromatic rings. The first-order chi connectivity index (χ1) is 9.15. The maximum absolute atomic E-state index is 9.38. The maximum Gasteiger partial charge on any atom is 0.145 e. The third-order valence-corrected chi connectivity index (χ3v) is 2.92. The first-order valence-electron chi connectivity index (χ1n) is 6.13. The topological polar surface area (TPSA) is 74.6 Å². The van der Waals surface area contributed by atoms with Crippen LogP contribution in [0, 0.1) is 6.92 Å². The predicted octanol–water partition coefficient (Wildman–Crippen LogP) is 1.32. The SMILES string of the molecule is COc1ccc(NCC(O)CO)c2ccc(C)nc12. The van der Waals surface area contributed by atoms with Crippen molar-refractivity contribution in [1.82, 2.24) is 4.98 Å². The molecule has 3 N–H and O–H groups in total. The lowest BCUT2D eigenvalue weighted by Crippen LogP contribution is -2.23. The number of hydrogen-bond acceptors (Lipinski definition) is 5. The van der Waals surface area contributed by atoms with Gasteiger partial charge in [-0.3, -0.25) is 0 Å². The number of anilines is 1. The van der Waals surface area contributed by atoms with Gasteiger partial charge < -0.3 is 20.3 Å². The molecule has 1 aromatic heterocycles. The molecule has 0 fully saturated rings. The van der Waals surface area contributed by atoms with Gasteiger partial charge in [-0.1, -0.05) is 0 Å². The zero-order valence-corrected chi connectivity index (χ0v) is 11.1. The second-order valence-electron chi connectivity index (χ2n) is 4.38. The minimum absolute atomic E-state index is 0.265. The van der Waals surface area contributed by atoms with Crippen molar-refractivity contribution >= 4 is 16.6 Å². The van der Waals surface area contributed by atoms with Crippen molar-refractivity contribution in [1.29, 1.82) is 0 Å². The van der Waals surface area contributed by atoms with Crippen molar-refractivity contribution in [3.63, 3.8) is 0 Å². The molecule has 102 valence electrons. The zero-order valence-electron chi connectivity index (χ0n) is 11.1. The van der Waals surface area contributed by atoms with E-state index in [2.05, 4.69) is 10.3 Å².